The summed E-state index contributed by atoms with van der Waals surface area (Å²) < 4.78 is 0. The van der Waals surface area contributed by atoms with E-state index < -0.39 is 11.8 Å². The topological polar surface area (TPSA) is 65.8 Å². The van der Waals surface area contributed by atoms with Crippen LogP contribution < -0.4 is 0 Å². The van der Waals surface area contributed by atoms with Gasteiger partial charge < -0.3 is 0 Å². The van der Waals surface area contributed by atoms with Crippen LogP contribution in [0.5, 0.6) is 0 Å². The van der Waals surface area contributed by atoms with Gasteiger partial charge in [0.05, 0.1) is 5.92 Å². The Bertz CT molecular complexity index is 679. The molecule has 0 fully saturated rings. The van der Waals surface area contributed by atoms with Crippen molar-refractivity contribution in [3.63, 3.8) is 0 Å². The van der Waals surface area contributed by atoms with Crippen molar-refractivity contribution >= 4 is 17.1 Å². The molecule has 4 heteroatoms. The zero-order valence-electron chi connectivity index (χ0n) is 10.6. The Morgan fingerprint density at radius 2 is 1.35 bits per heavy atom. The molecule has 20 heavy (non-hydrogen) atoms. The zero-order valence-corrected chi connectivity index (χ0v) is 10.6. The van der Waals surface area contributed by atoms with Gasteiger partial charge in [0.2, 0.25) is 5.91 Å². The SMILES string of the molecule is [N-]=[N+]=NC(=O)C1C(c2ccccc2)=C1c1ccccc1. The van der Waals surface area contributed by atoms with Gasteiger partial charge in [-0.1, -0.05) is 60.7 Å². The van der Waals surface area contributed by atoms with Crippen LogP contribution in [-0.2, 0) is 4.79 Å². The second-order valence-corrected chi connectivity index (χ2v) is 4.52. The summed E-state index contributed by atoms with van der Waals surface area (Å²) in [6, 6.07) is 19.4. The molecule has 0 N–H and O–H groups in total. The number of hydrogen-bond donors (Lipinski definition) is 0. The Morgan fingerprint density at radius 3 is 1.75 bits per heavy atom. The summed E-state index contributed by atoms with van der Waals surface area (Å²) in [4.78, 5) is 14.5. The summed E-state index contributed by atoms with van der Waals surface area (Å²) >= 11 is 0. The van der Waals surface area contributed by atoms with Crippen molar-refractivity contribution in [3.8, 4) is 0 Å². The lowest BCUT2D eigenvalue weighted by atomic mass is 10.1. The first-order valence-electron chi connectivity index (χ1n) is 6.27. The number of amides is 1. The van der Waals surface area contributed by atoms with Gasteiger partial charge in [-0.05, 0) is 32.9 Å². The zero-order chi connectivity index (χ0) is 13.9. The van der Waals surface area contributed by atoms with Crippen LogP contribution in [0.1, 0.15) is 11.1 Å². The van der Waals surface area contributed by atoms with E-state index in [0.29, 0.717) is 0 Å². The molecule has 0 aliphatic heterocycles. The third-order valence-electron chi connectivity index (χ3n) is 3.34. The smallest absolute Gasteiger partial charge is 0.230 e. The summed E-state index contributed by atoms with van der Waals surface area (Å²) in [7, 11) is 0. The number of carbonyl (C=O) groups is 1. The van der Waals surface area contributed by atoms with E-state index in [1.807, 2.05) is 60.7 Å². The predicted octanol–water partition coefficient (Wildman–Crippen LogP) is 4.06. The standard InChI is InChI=1S/C16H11N3O/c17-19-18-16(20)15-13(11-7-3-1-4-8-11)14(15)12-9-5-2-6-10-12/h1-10,15H. The summed E-state index contributed by atoms with van der Waals surface area (Å²) in [5, 5.41) is 3.24. The third-order valence-corrected chi connectivity index (χ3v) is 3.34. The molecule has 0 atom stereocenters. The van der Waals surface area contributed by atoms with Gasteiger partial charge in [0.25, 0.3) is 0 Å². The van der Waals surface area contributed by atoms with Crippen molar-refractivity contribution in [2.75, 3.05) is 0 Å². The molecule has 1 amide bonds. The fraction of sp³-hybridized carbons (Fsp3) is 0.0625. The summed E-state index contributed by atoms with van der Waals surface area (Å²) in [6.07, 6.45) is 0. The number of rotatable bonds is 3. The van der Waals surface area contributed by atoms with Crippen LogP contribution >= 0.6 is 0 Å². The molecule has 2 aromatic rings. The maximum Gasteiger partial charge on any atom is 0.230 e. The molecule has 0 saturated heterocycles. The number of nitrogens with zero attached hydrogens (tertiary/aromatic N) is 3. The maximum atomic E-state index is 11.9. The maximum absolute atomic E-state index is 11.9. The second-order valence-electron chi connectivity index (χ2n) is 4.52. The summed E-state index contributed by atoms with van der Waals surface area (Å²) in [6.45, 7) is 0. The van der Waals surface area contributed by atoms with E-state index in [4.69, 9.17) is 5.53 Å². The lowest BCUT2D eigenvalue weighted by molar-refractivity contribution is -0.118. The molecule has 1 aliphatic rings. The van der Waals surface area contributed by atoms with Crippen molar-refractivity contribution in [2.45, 2.75) is 0 Å². The lowest BCUT2D eigenvalue weighted by Gasteiger charge is -1.96. The van der Waals surface area contributed by atoms with E-state index in [9.17, 15) is 4.79 Å². The van der Waals surface area contributed by atoms with Gasteiger partial charge >= 0.3 is 0 Å². The van der Waals surface area contributed by atoms with Crippen molar-refractivity contribution < 1.29 is 4.79 Å². The van der Waals surface area contributed by atoms with E-state index in [1.165, 1.54) is 0 Å². The Labute approximate surface area is 116 Å². The van der Waals surface area contributed by atoms with Gasteiger partial charge in [-0.2, -0.15) is 0 Å². The highest BCUT2D eigenvalue weighted by molar-refractivity contribution is 6.23. The van der Waals surface area contributed by atoms with Gasteiger partial charge in [-0.15, -0.1) is 0 Å². The minimum Gasteiger partial charge on any atom is -0.292 e. The van der Waals surface area contributed by atoms with Gasteiger partial charge in [-0.3, -0.25) is 4.79 Å². The monoisotopic (exact) mass is 261 g/mol. The van der Waals surface area contributed by atoms with Crippen LogP contribution in [0.4, 0.5) is 0 Å². The molecule has 2 aromatic carbocycles. The molecular formula is C16H11N3O. The van der Waals surface area contributed by atoms with Crippen LogP contribution in [0.15, 0.2) is 65.8 Å². The largest absolute Gasteiger partial charge is 0.292 e. The van der Waals surface area contributed by atoms with Crippen LogP contribution in [-0.4, -0.2) is 5.91 Å². The lowest BCUT2D eigenvalue weighted by Crippen LogP contribution is -1.99. The van der Waals surface area contributed by atoms with Crippen LogP contribution in [0.3, 0.4) is 0 Å². The highest BCUT2D eigenvalue weighted by Crippen LogP contribution is 2.53. The van der Waals surface area contributed by atoms with Crippen molar-refractivity contribution in [1.82, 2.24) is 0 Å². The summed E-state index contributed by atoms with van der Waals surface area (Å²) in [5.74, 6) is -0.846. The first-order chi connectivity index (χ1) is 9.83. The van der Waals surface area contributed by atoms with Gasteiger partial charge in [0.1, 0.15) is 0 Å². The molecule has 3 rings (SSSR count). The van der Waals surface area contributed by atoms with Crippen LogP contribution in [0.2, 0.25) is 0 Å². The normalized spacial score (nSPS) is 13.8. The van der Waals surface area contributed by atoms with E-state index >= 15 is 0 Å². The van der Waals surface area contributed by atoms with Gasteiger partial charge in [-0.25, -0.2) is 0 Å². The molecule has 0 radical (unpaired) electrons. The highest BCUT2D eigenvalue weighted by atomic mass is 16.2. The predicted molar refractivity (Wildman–Crippen MR) is 77.3 cm³/mol. The molecule has 1 aliphatic carbocycles. The quantitative estimate of drug-likeness (QED) is 0.466. The highest BCUT2D eigenvalue weighted by Gasteiger charge is 2.42. The van der Waals surface area contributed by atoms with E-state index in [1.54, 1.807) is 0 Å². The van der Waals surface area contributed by atoms with E-state index in [-0.39, 0.29) is 0 Å². The minimum atomic E-state index is -0.440. The second kappa shape index (κ2) is 5.03. The third kappa shape index (κ3) is 2.09. The minimum absolute atomic E-state index is 0.407. The number of carbonyl (C=O) groups excluding carboxylic acids is 1. The Morgan fingerprint density at radius 1 is 0.900 bits per heavy atom. The fourth-order valence-electron chi connectivity index (χ4n) is 2.45. The van der Waals surface area contributed by atoms with Crippen LogP contribution in [0, 0.1) is 5.92 Å². The first-order valence-corrected chi connectivity index (χ1v) is 6.27. The molecule has 0 aromatic heterocycles. The number of hydrogen-bond acceptors (Lipinski definition) is 1. The average molecular weight is 261 g/mol. The van der Waals surface area contributed by atoms with E-state index in [2.05, 4.69) is 10.0 Å². The van der Waals surface area contributed by atoms with E-state index in [0.717, 1.165) is 22.3 Å². The fourth-order valence-corrected chi connectivity index (χ4v) is 2.45. The Kier molecular flexibility index (Phi) is 3.07. The van der Waals surface area contributed by atoms with Crippen molar-refractivity contribution in [3.05, 3.63) is 82.2 Å². The first kappa shape index (κ1) is 12.2. The van der Waals surface area contributed by atoms with Crippen LogP contribution in [0.25, 0.3) is 21.6 Å². The molecule has 0 heterocycles. The Balaban J connectivity index is 2.04. The molecule has 4 nitrogen and oxygen atoms in total. The molecule has 0 saturated carbocycles. The molecular weight excluding hydrogens is 250 g/mol. The van der Waals surface area contributed by atoms with Gasteiger partial charge in [0.15, 0.2) is 0 Å². The molecule has 0 spiro atoms. The molecule has 96 valence electrons. The van der Waals surface area contributed by atoms with Crippen molar-refractivity contribution in [1.29, 1.82) is 0 Å². The molecule has 0 bridgehead atoms. The number of benzene rings is 2. The molecule has 0 unspecified atom stereocenters. The summed E-state index contributed by atoms with van der Waals surface area (Å²) in [5.41, 5.74) is 12.3. The number of azide groups is 1. The Hall–Kier alpha value is -2.84. The average Bonchev–Trinajstić information content (AvgIpc) is 3.25. The van der Waals surface area contributed by atoms with Gasteiger partial charge in [0, 0.05) is 4.91 Å². The van der Waals surface area contributed by atoms with Crippen molar-refractivity contribution in [2.24, 2.45) is 11.0 Å².